The van der Waals surface area contributed by atoms with Crippen molar-refractivity contribution in [2.45, 2.75) is 44.6 Å². The maximum atomic E-state index is 12.3. The van der Waals surface area contributed by atoms with Gasteiger partial charge in [0.15, 0.2) is 0 Å². The van der Waals surface area contributed by atoms with Gasteiger partial charge in [0.2, 0.25) is 5.91 Å². The average molecular weight is 288 g/mol. The second kappa shape index (κ2) is 5.76. The smallest absolute Gasteiger partial charge is 0.225 e. The summed E-state index contributed by atoms with van der Waals surface area (Å²) in [7, 11) is 0. The Hall–Kier alpha value is -1.42. The zero-order chi connectivity index (χ0) is 14.9. The number of pyridine rings is 1. The zero-order valence-corrected chi connectivity index (χ0v) is 12.7. The number of amides is 1. The molecule has 2 aliphatic rings. The van der Waals surface area contributed by atoms with Gasteiger partial charge in [-0.2, -0.15) is 0 Å². The van der Waals surface area contributed by atoms with Crippen LogP contribution in [-0.4, -0.2) is 39.6 Å². The summed E-state index contributed by atoms with van der Waals surface area (Å²) in [6.45, 7) is 3.53. The molecule has 1 aliphatic carbocycles. The van der Waals surface area contributed by atoms with E-state index in [1.165, 1.54) is 0 Å². The molecular formula is C17H24N2O2. The van der Waals surface area contributed by atoms with Crippen LogP contribution in [0.5, 0.6) is 0 Å². The number of rotatable bonds is 3. The number of carbonyl (C=O) groups excluding carboxylic acids is 1. The first-order valence-corrected chi connectivity index (χ1v) is 7.94. The molecule has 0 unspecified atom stereocenters. The lowest BCUT2D eigenvalue weighted by Crippen LogP contribution is -2.51. The van der Waals surface area contributed by atoms with Gasteiger partial charge < -0.3 is 10.0 Å². The van der Waals surface area contributed by atoms with E-state index in [0.717, 1.165) is 38.0 Å². The van der Waals surface area contributed by atoms with Crippen LogP contribution >= 0.6 is 0 Å². The van der Waals surface area contributed by atoms with Crippen molar-refractivity contribution >= 4 is 5.91 Å². The lowest BCUT2D eigenvalue weighted by molar-refractivity contribution is -0.151. The van der Waals surface area contributed by atoms with Crippen LogP contribution in [0.2, 0.25) is 0 Å². The minimum absolute atomic E-state index is 0.0485. The molecule has 1 amide bonds. The van der Waals surface area contributed by atoms with Crippen molar-refractivity contribution in [1.82, 2.24) is 9.88 Å². The van der Waals surface area contributed by atoms with Gasteiger partial charge in [-0.25, -0.2) is 0 Å². The Balaban J connectivity index is 1.46. The summed E-state index contributed by atoms with van der Waals surface area (Å²) in [4.78, 5) is 18.7. The molecule has 0 bridgehead atoms. The predicted octanol–water partition coefficient (Wildman–Crippen LogP) is 2.02. The lowest BCUT2D eigenvalue weighted by Gasteiger charge is -2.43. The number of hydrogen-bond donors (Lipinski definition) is 1. The second-order valence-corrected chi connectivity index (χ2v) is 6.90. The SMILES string of the molecule is CC1(O)CC(C(=O)N2CCC(Cc3ccccn3)CC2)C1. The monoisotopic (exact) mass is 288 g/mol. The van der Waals surface area contributed by atoms with Gasteiger partial charge in [0.05, 0.1) is 5.60 Å². The topological polar surface area (TPSA) is 53.4 Å². The van der Waals surface area contributed by atoms with Crippen molar-refractivity contribution in [1.29, 1.82) is 0 Å². The van der Waals surface area contributed by atoms with E-state index in [1.807, 2.05) is 30.2 Å². The molecule has 2 fully saturated rings. The highest BCUT2D eigenvalue weighted by atomic mass is 16.3. The van der Waals surface area contributed by atoms with Crippen LogP contribution in [0.1, 0.15) is 38.3 Å². The van der Waals surface area contributed by atoms with Crippen LogP contribution in [0.25, 0.3) is 0 Å². The molecule has 4 nitrogen and oxygen atoms in total. The van der Waals surface area contributed by atoms with E-state index in [9.17, 15) is 9.90 Å². The van der Waals surface area contributed by atoms with Gasteiger partial charge in [0.1, 0.15) is 0 Å². The van der Waals surface area contributed by atoms with E-state index in [0.29, 0.717) is 18.8 Å². The third-order valence-corrected chi connectivity index (χ3v) is 4.87. The Morgan fingerprint density at radius 2 is 2.10 bits per heavy atom. The van der Waals surface area contributed by atoms with Crippen LogP contribution in [0, 0.1) is 11.8 Å². The zero-order valence-electron chi connectivity index (χ0n) is 12.7. The summed E-state index contributed by atoms with van der Waals surface area (Å²) >= 11 is 0. The Bertz CT molecular complexity index is 485. The van der Waals surface area contributed by atoms with Crippen molar-refractivity contribution in [3.63, 3.8) is 0 Å². The third kappa shape index (κ3) is 3.43. The molecule has 21 heavy (non-hydrogen) atoms. The molecule has 114 valence electrons. The minimum Gasteiger partial charge on any atom is -0.390 e. The number of aromatic nitrogens is 1. The van der Waals surface area contributed by atoms with Crippen molar-refractivity contribution in [2.24, 2.45) is 11.8 Å². The van der Waals surface area contributed by atoms with Gasteiger partial charge in [0.25, 0.3) is 0 Å². The highest BCUT2D eigenvalue weighted by Gasteiger charge is 2.44. The standard InChI is InChI=1S/C17H24N2O2/c1-17(21)11-14(12-17)16(20)19-8-5-13(6-9-19)10-15-4-2-3-7-18-15/h2-4,7,13-14,21H,5-6,8-12H2,1H3. The molecule has 1 aromatic rings. The quantitative estimate of drug-likeness (QED) is 0.926. The van der Waals surface area contributed by atoms with E-state index in [2.05, 4.69) is 11.1 Å². The Labute approximate surface area is 126 Å². The summed E-state index contributed by atoms with van der Waals surface area (Å²) in [5, 5.41) is 9.76. The van der Waals surface area contributed by atoms with E-state index in [1.54, 1.807) is 0 Å². The first-order valence-electron chi connectivity index (χ1n) is 7.94. The predicted molar refractivity (Wildman–Crippen MR) is 80.6 cm³/mol. The lowest BCUT2D eigenvalue weighted by atomic mass is 9.71. The normalized spacial score (nSPS) is 30.0. The minimum atomic E-state index is -0.613. The van der Waals surface area contributed by atoms with E-state index >= 15 is 0 Å². The molecule has 1 N–H and O–H groups in total. The molecule has 1 saturated heterocycles. The maximum Gasteiger partial charge on any atom is 0.225 e. The van der Waals surface area contributed by atoms with Crippen molar-refractivity contribution < 1.29 is 9.90 Å². The number of aliphatic hydroxyl groups is 1. The number of nitrogens with zero attached hydrogens (tertiary/aromatic N) is 2. The molecule has 0 aromatic carbocycles. The number of likely N-dealkylation sites (tertiary alicyclic amines) is 1. The largest absolute Gasteiger partial charge is 0.390 e. The molecular weight excluding hydrogens is 264 g/mol. The highest BCUT2D eigenvalue weighted by molar-refractivity contribution is 5.80. The number of piperidine rings is 1. The van der Waals surface area contributed by atoms with E-state index < -0.39 is 5.60 Å². The van der Waals surface area contributed by atoms with Crippen LogP contribution in [0.4, 0.5) is 0 Å². The van der Waals surface area contributed by atoms with Crippen LogP contribution in [0.3, 0.4) is 0 Å². The number of hydrogen-bond acceptors (Lipinski definition) is 3. The highest BCUT2D eigenvalue weighted by Crippen LogP contribution is 2.39. The van der Waals surface area contributed by atoms with Gasteiger partial charge in [-0.15, -0.1) is 0 Å². The summed E-state index contributed by atoms with van der Waals surface area (Å²) in [6.07, 6.45) is 6.23. The fourth-order valence-corrected chi connectivity index (χ4v) is 3.61. The Morgan fingerprint density at radius 3 is 2.67 bits per heavy atom. The van der Waals surface area contributed by atoms with Crippen LogP contribution in [-0.2, 0) is 11.2 Å². The maximum absolute atomic E-state index is 12.3. The van der Waals surface area contributed by atoms with Crippen LogP contribution in [0.15, 0.2) is 24.4 Å². The molecule has 1 aliphatic heterocycles. The molecule has 0 radical (unpaired) electrons. The van der Waals surface area contributed by atoms with Gasteiger partial charge in [0, 0.05) is 30.9 Å². The van der Waals surface area contributed by atoms with Gasteiger partial charge in [-0.3, -0.25) is 9.78 Å². The first-order chi connectivity index (χ1) is 10.0. The average Bonchev–Trinajstić information content (AvgIpc) is 2.46. The molecule has 3 rings (SSSR count). The Kier molecular flexibility index (Phi) is 3.98. The van der Waals surface area contributed by atoms with E-state index in [-0.39, 0.29) is 11.8 Å². The Morgan fingerprint density at radius 1 is 1.38 bits per heavy atom. The fraction of sp³-hybridized carbons (Fsp3) is 0.647. The summed E-state index contributed by atoms with van der Waals surface area (Å²) < 4.78 is 0. The van der Waals surface area contributed by atoms with Crippen molar-refractivity contribution in [3.8, 4) is 0 Å². The molecule has 2 heterocycles. The molecule has 1 saturated carbocycles. The summed E-state index contributed by atoms with van der Waals surface area (Å²) in [5.41, 5.74) is 0.537. The number of carbonyl (C=O) groups is 1. The first kappa shape index (κ1) is 14.5. The van der Waals surface area contributed by atoms with Crippen molar-refractivity contribution in [2.75, 3.05) is 13.1 Å². The van der Waals surface area contributed by atoms with Crippen LogP contribution < -0.4 is 0 Å². The fourth-order valence-electron chi connectivity index (χ4n) is 3.61. The summed E-state index contributed by atoms with van der Waals surface area (Å²) in [6, 6.07) is 6.05. The van der Waals surface area contributed by atoms with E-state index in [4.69, 9.17) is 0 Å². The second-order valence-electron chi connectivity index (χ2n) is 6.90. The molecule has 0 spiro atoms. The molecule has 4 heteroatoms. The third-order valence-electron chi connectivity index (χ3n) is 4.87. The van der Waals surface area contributed by atoms with Gasteiger partial charge in [-0.1, -0.05) is 6.07 Å². The molecule has 0 atom stereocenters. The van der Waals surface area contributed by atoms with Gasteiger partial charge >= 0.3 is 0 Å². The summed E-state index contributed by atoms with van der Waals surface area (Å²) in [5.74, 6) is 0.929. The van der Waals surface area contributed by atoms with Crippen molar-refractivity contribution in [3.05, 3.63) is 30.1 Å². The molecule has 1 aromatic heterocycles. The van der Waals surface area contributed by atoms with Gasteiger partial charge in [-0.05, 0) is 57.1 Å².